The highest BCUT2D eigenvalue weighted by molar-refractivity contribution is 9.10. The van der Waals surface area contributed by atoms with E-state index in [1.165, 1.54) is 0 Å². The molecule has 4 aromatic rings. The SMILES string of the molecule is Cc1nn(-c2nc3ccc(Br)cc3s2)c2c1[C@H](c1ccccc1)CC(=O)N2. The van der Waals surface area contributed by atoms with Gasteiger partial charge in [0, 0.05) is 22.4 Å². The summed E-state index contributed by atoms with van der Waals surface area (Å²) < 4.78 is 3.86. The highest BCUT2D eigenvalue weighted by Gasteiger charge is 2.33. The fourth-order valence-corrected chi connectivity index (χ4v) is 5.11. The molecule has 0 aliphatic carbocycles. The summed E-state index contributed by atoms with van der Waals surface area (Å²) in [6.07, 6.45) is 0.427. The van der Waals surface area contributed by atoms with Crippen LogP contribution in [-0.4, -0.2) is 20.7 Å². The number of amides is 1. The molecule has 1 amide bonds. The maximum absolute atomic E-state index is 12.4. The number of thiazole rings is 1. The first kappa shape index (κ1) is 16.6. The lowest BCUT2D eigenvalue weighted by molar-refractivity contribution is -0.116. The third-order valence-electron chi connectivity index (χ3n) is 4.82. The van der Waals surface area contributed by atoms with Crippen LogP contribution in [0.5, 0.6) is 0 Å². The number of carbonyl (C=O) groups excluding carboxylic acids is 1. The average Bonchev–Trinajstić information content (AvgIpc) is 3.22. The van der Waals surface area contributed by atoms with Gasteiger partial charge < -0.3 is 5.32 Å². The van der Waals surface area contributed by atoms with Crippen LogP contribution in [0.25, 0.3) is 15.3 Å². The Bertz CT molecular complexity index is 1180. The fourth-order valence-electron chi connectivity index (χ4n) is 3.63. The van der Waals surface area contributed by atoms with Crippen molar-refractivity contribution < 1.29 is 4.79 Å². The van der Waals surface area contributed by atoms with Gasteiger partial charge in [-0.25, -0.2) is 4.98 Å². The smallest absolute Gasteiger partial charge is 0.226 e. The molecule has 0 radical (unpaired) electrons. The third-order valence-corrected chi connectivity index (χ3v) is 6.31. The largest absolute Gasteiger partial charge is 0.310 e. The number of hydrogen-bond acceptors (Lipinski definition) is 4. The average molecular weight is 439 g/mol. The molecule has 1 N–H and O–H groups in total. The predicted octanol–water partition coefficient (Wildman–Crippen LogP) is 5.03. The van der Waals surface area contributed by atoms with Crippen molar-refractivity contribution in [3.63, 3.8) is 0 Å². The molecular weight excluding hydrogens is 424 g/mol. The minimum atomic E-state index is 0.00126. The number of aromatic nitrogens is 3. The molecule has 1 aliphatic heterocycles. The maximum atomic E-state index is 12.4. The Hall–Kier alpha value is -2.51. The zero-order chi connectivity index (χ0) is 18.5. The number of nitrogens with one attached hydrogen (secondary N) is 1. The lowest BCUT2D eigenvalue weighted by Gasteiger charge is -2.24. The Labute approximate surface area is 168 Å². The number of aryl methyl sites for hydroxylation is 1. The molecule has 1 atom stereocenters. The maximum Gasteiger partial charge on any atom is 0.226 e. The van der Waals surface area contributed by atoms with Crippen molar-refractivity contribution in [2.24, 2.45) is 0 Å². The van der Waals surface area contributed by atoms with Crippen molar-refractivity contribution in [1.29, 1.82) is 0 Å². The number of benzene rings is 2. The van der Waals surface area contributed by atoms with E-state index in [4.69, 9.17) is 10.1 Å². The molecule has 0 fully saturated rings. The molecule has 0 bridgehead atoms. The third kappa shape index (κ3) is 2.78. The van der Waals surface area contributed by atoms with E-state index in [9.17, 15) is 4.79 Å². The summed E-state index contributed by atoms with van der Waals surface area (Å²) in [6.45, 7) is 1.99. The van der Waals surface area contributed by atoms with Crippen LogP contribution >= 0.6 is 27.3 Å². The molecule has 0 saturated carbocycles. The van der Waals surface area contributed by atoms with E-state index >= 15 is 0 Å². The van der Waals surface area contributed by atoms with Gasteiger partial charge in [0.2, 0.25) is 11.0 Å². The van der Waals surface area contributed by atoms with Gasteiger partial charge >= 0.3 is 0 Å². The van der Waals surface area contributed by atoms with Crippen LogP contribution in [0.3, 0.4) is 0 Å². The lowest BCUT2D eigenvalue weighted by Crippen LogP contribution is -2.24. The fraction of sp³-hybridized carbons (Fsp3) is 0.150. The molecule has 7 heteroatoms. The van der Waals surface area contributed by atoms with E-state index in [0.717, 1.165) is 42.5 Å². The highest BCUT2D eigenvalue weighted by Crippen LogP contribution is 2.41. The molecule has 0 saturated heterocycles. The summed E-state index contributed by atoms with van der Waals surface area (Å²) in [4.78, 5) is 17.2. The number of hydrogen-bond donors (Lipinski definition) is 1. The van der Waals surface area contributed by atoms with Gasteiger partial charge in [-0.05, 0) is 30.7 Å². The molecule has 0 spiro atoms. The number of fused-ring (bicyclic) bond motifs is 2. The topological polar surface area (TPSA) is 59.8 Å². The quantitative estimate of drug-likeness (QED) is 0.477. The van der Waals surface area contributed by atoms with Crippen molar-refractivity contribution >= 4 is 49.2 Å². The first-order valence-corrected chi connectivity index (χ1v) is 10.2. The van der Waals surface area contributed by atoms with Crippen molar-refractivity contribution in [3.8, 4) is 5.13 Å². The molecule has 1 aliphatic rings. The van der Waals surface area contributed by atoms with Gasteiger partial charge in [0.1, 0.15) is 5.82 Å². The van der Waals surface area contributed by atoms with Gasteiger partial charge in [0.15, 0.2) is 0 Å². The molecule has 2 aromatic carbocycles. The standard InChI is InChI=1S/C20H15BrN4OS/c1-11-18-14(12-5-3-2-4-6-12)10-17(26)23-19(18)25(24-11)20-22-15-8-7-13(21)9-16(15)27-20/h2-9,14H,10H2,1H3,(H,23,26)/t14-/m0/s1. The second-order valence-electron chi connectivity index (χ2n) is 6.58. The van der Waals surface area contributed by atoms with Crippen molar-refractivity contribution in [2.45, 2.75) is 19.3 Å². The number of anilines is 1. The Kier molecular flexibility index (Phi) is 3.87. The molecule has 0 unspecified atom stereocenters. The van der Waals surface area contributed by atoms with Gasteiger partial charge in [-0.2, -0.15) is 9.78 Å². The summed E-state index contributed by atoms with van der Waals surface area (Å²) in [7, 11) is 0. The molecule has 5 rings (SSSR count). The monoisotopic (exact) mass is 438 g/mol. The molecular formula is C20H15BrN4OS. The lowest BCUT2D eigenvalue weighted by atomic mass is 9.86. The summed E-state index contributed by atoms with van der Waals surface area (Å²) in [6, 6.07) is 16.1. The summed E-state index contributed by atoms with van der Waals surface area (Å²) in [5.74, 6) is 0.740. The minimum Gasteiger partial charge on any atom is -0.310 e. The summed E-state index contributed by atoms with van der Waals surface area (Å²) in [5, 5.41) is 8.50. The van der Waals surface area contributed by atoms with E-state index in [1.807, 2.05) is 43.3 Å². The number of halogens is 1. The Balaban J connectivity index is 1.68. The number of carbonyl (C=O) groups is 1. The second kappa shape index (κ2) is 6.28. The van der Waals surface area contributed by atoms with E-state index in [1.54, 1.807) is 16.0 Å². The van der Waals surface area contributed by atoms with E-state index in [2.05, 4.69) is 33.4 Å². The van der Waals surface area contributed by atoms with Crippen LogP contribution in [0.2, 0.25) is 0 Å². The number of nitrogens with zero attached hydrogens (tertiary/aromatic N) is 3. The van der Waals surface area contributed by atoms with Gasteiger partial charge in [-0.1, -0.05) is 57.6 Å². The zero-order valence-corrected chi connectivity index (χ0v) is 16.8. The van der Waals surface area contributed by atoms with Gasteiger partial charge in [0.05, 0.1) is 15.9 Å². The van der Waals surface area contributed by atoms with Crippen molar-refractivity contribution in [1.82, 2.24) is 14.8 Å². The van der Waals surface area contributed by atoms with E-state index in [0.29, 0.717) is 6.42 Å². The highest BCUT2D eigenvalue weighted by atomic mass is 79.9. The van der Waals surface area contributed by atoms with Crippen LogP contribution in [-0.2, 0) is 4.79 Å². The Morgan fingerprint density at radius 3 is 2.85 bits per heavy atom. The Morgan fingerprint density at radius 1 is 1.22 bits per heavy atom. The van der Waals surface area contributed by atoms with Crippen LogP contribution in [0.4, 0.5) is 5.82 Å². The predicted molar refractivity (Wildman–Crippen MR) is 111 cm³/mol. The van der Waals surface area contributed by atoms with Crippen LogP contribution in [0, 0.1) is 6.92 Å². The van der Waals surface area contributed by atoms with E-state index in [-0.39, 0.29) is 11.8 Å². The van der Waals surface area contributed by atoms with Crippen LogP contribution < -0.4 is 5.32 Å². The molecule has 2 aromatic heterocycles. The van der Waals surface area contributed by atoms with Crippen molar-refractivity contribution in [2.75, 3.05) is 5.32 Å². The Morgan fingerprint density at radius 2 is 2.04 bits per heavy atom. The van der Waals surface area contributed by atoms with Crippen LogP contribution in [0.1, 0.15) is 29.2 Å². The molecule has 27 heavy (non-hydrogen) atoms. The number of rotatable bonds is 2. The zero-order valence-electron chi connectivity index (χ0n) is 14.4. The van der Waals surface area contributed by atoms with Gasteiger partial charge in [0.25, 0.3) is 0 Å². The van der Waals surface area contributed by atoms with Crippen molar-refractivity contribution in [3.05, 3.63) is 69.8 Å². The second-order valence-corrected chi connectivity index (χ2v) is 8.51. The van der Waals surface area contributed by atoms with Gasteiger partial charge in [-0.15, -0.1) is 0 Å². The molecule has 134 valence electrons. The van der Waals surface area contributed by atoms with Gasteiger partial charge in [-0.3, -0.25) is 4.79 Å². The minimum absolute atomic E-state index is 0.00126. The summed E-state index contributed by atoms with van der Waals surface area (Å²) in [5.41, 5.74) is 4.03. The van der Waals surface area contributed by atoms with E-state index < -0.39 is 0 Å². The van der Waals surface area contributed by atoms with Crippen LogP contribution in [0.15, 0.2) is 53.0 Å². The first-order chi connectivity index (χ1) is 13.1. The first-order valence-electron chi connectivity index (χ1n) is 8.61. The molecule has 3 heterocycles. The molecule has 5 nitrogen and oxygen atoms in total. The normalized spacial score (nSPS) is 16.4. The summed E-state index contributed by atoms with van der Waals surface area (Å²) >= 11 is 5.06.